The van der Waals surface area contributed by atoms with Gasteiger partial charge in [0.05, 0.1) is 5.02 Å². The molecule has 0 radical (unpaired) electrons. The first-order chi connectivity index (χ1) is 11.0. The number of rotatable bonds is 3. The Morgan fingerprint density at radius 2 is 2.04 bits per heavy atom. The summed E-state index contributed by atoms with van der Waals surface area (Å²) in [4.78, 5) is 25.8. The first kappa shape index (κ1) is 15.4. The number of benzene rings is 2. The number of aromatic hydroxyl groups is 1. The van der Waals surface area contributed by atoms with Crippen molar-refractivity contribution in [3.63, 3.8) is 0 Å². The molecule has 0 spiro atoms. The van der Waals surface area contributed by atoms with Crippen LogP contribution in [0.15, 0.2) is 42.5 Å². The summed E-state index contributed by atoms with van der Waals surface area (Å²) in [5.74, 6) is -0.312. The number of amides is 2. The van der Waals surface area contributed by atoms with Crippen LogP contribution in [0.25, 0.3) is 0 Å². The van der Waals surface area contributed by atoms with Gasteiger partial charge in [0.2, 0.25) is 5.91 Å². The normalized spacial score (nSPS) is 14.1. The van der Waals surface area contributed by atoms with Crippen LogP contribution >= 0.6 is 11.6 Å². The number of phenols is 1. The second-order valence-corrected chi connectivity index (χ2v) is 5.73. The second kappa shape index (κ2) is 6.30. The number of carbonyl (C=O) groups excluding carboxylic acids is 2. The van der Waals surface area contributed by atoms with Gasteiger partial charge >= 0.3 is 0 Å². The zero-order chi connectivity index (χ0) is 16.4. The van der Waals surface area contributed by atoms with Gasteiger partial charge in [0.25, 0.3) is 5.91 Å². The van der Waals surface area contributed by atoms with Crippen LogP contribution in [0.2, 0.25) is 5.02 Å². The zero-order valence-electron chi connectivity index (χ0n) is 12.3. The maximum atomic E-state index is 12.2. The van der Waals surface area contributed by atoms with Gasteiger partial charge in [-0.05, 0) is 42.8 Å². The van der Waals surface area contributed by atoms with E-state index in [1.54, 1.807) is 23.1 Å². The Kier molecular flexibility index (Phi) is 4.21. The molecular formula is C17H15ClN2O3. The van der Waals surface area contributed by atoms with Gasteiger partial charge in [-0.25, -0.2) is 0 Å². The van der Waals surface area contributed by atoms with E-state index in [1.807, 2.05) is 6.07 Å². The van der Waals surface area contributed by atoms with E-state index in [2.05, 4.69) is 5.32 Å². The van der Waals surface area contributed by atoms with Crippen LogP contribution in [-0.4, -0.2) is 23.5 Å². The molecule has 0 atom stereocenters. The number of nitrogens with zero attached hydrogens (tertiary/aromatic N) is 1. The van der Waals surface area contributed by atoms with Crippen molar-refractivity contribution in [1.82, 2.24) is 0 Å². The van der Waals surface area contributed by atoms with E-state index in [0.717, 1.165) is 12.1 Å². The number of carbonyl (C=O) groups is 2. The molecule has 0 unspecified atom stereocenters. The molecule has 2 amide bonds. The first-order valence-corrected chi connectivity index (χ1v) is 7.63. The third-order valence-electron chi connectivity index (χ3n) is 3.70. The monoisotopic (exact) mass is 330 g/mol. The van der Waals surface area contributed by atoms with E-state index in [1.165, 1.54) is 18.2 Å². The van der Waals surface area contributed by atoms with Gasteiger partial charge in [-0.1, -0.05) is 17.7 Å². The number of nitrogens with one attached hydrogen (secondary N) is 1. The largest absolute Gasteiger partial charge is 0.506 e. The number of hydrogen-bond donors (Lipinski definition) is 2. The molecule has 118 valence electrons. The fourth-order valence-corrected chi connectivity index (χ4v) is 2.70. The van der Waals surface area contributed by atoms with E-state index >= 15 is 0 Å². The summed E-state index contributed by atoms with van der Waals surface area (Å²) in [7, 11) is 0. The molecule has 3 rings (SSSR count). The zero-order valence-corrected chi connectivity index (χ0v) is 13.0. The predicted octanol–water partition coefficient (Wildman–Crippen LogP) is 3.42. The van der Waals surface area contributed by atoms with E-state index in [-0.39, 0.29) is 22.6 Å². The molecule has 1 fully saturated rings. The van der Waals surface area contributed by atoms with Gasteiger partial charge in [-0.15, -0.1) is 0 Å². The molecule has 0 bridgehead atoms. The van der Waals surface area contributed by atoms with Gasteiger partial charge in [0.15, 0.2) is 0 Å². The predicted molar refractivity (Wildman–Crippen MR) is 89.1 cm³/mol. The van der Waals surface area contributed by atoms with Crippen molar-refractivity contribution in [3.8, 4) is 5.75 Å². The third kappa shape index (κ3) is 3.29. The Morgan fingerprint density at radius 1 is 1.22 bits per heavy atom. The second-order valence-electron chi connectivity index (χ2n) is 5.32. The Hall–Kier alpha value is -2.53. The van der Waals surface area contributed by atoms with Crippen molar-refractivity contribution in [1.29, 1.82) is 0 Å². The molecule has 1 heterocycles. The minimum Gasteiger partial charge on any atom is -0.506 e. The Bertz CT molecular complexity index is 776. The summed E-state index contributed by atoms with van der Waals surface area (Å²) in [5.41, 5.74) is 1.71. The molecule has 0 aliphatic carbocycles. The summed E-state index contributed by atoms with van der Waals surface area (Å²) in [6.07, 6.45) is 1.41. The Morgan fingerprint density at radius 3 is 2.74 bits per heavy atom. The van der Waals surface area contributed by atoms with Crippen molar-refractivity contribution in [2.75, 3.05) is 16.8 Å². The smallest absolute Gasteiger partial charge is 0.255 e. The maximum Gasteiger partial charge on any atom is 0.255 e. The van der Waals surface area contributed by atoms with Crippen LogP contribution < -0.4 is 10.2 Å². The maximum absolute atomic E-state index is 12.2. The lowest BCUT2D eigenvalue weighted by atomic mass is 10.2. The highest BCUT2D eigenvalue weighted by molar-refractivity contribution is 6.32. The van der Waals surface area contributed by atoms with Crippen LogP contribution in [0.3, 0.4) is 0 Å². The lowest BCUT2D eigenvalue weighted by Crippen LogP contribution is -2.23. The topological polar surface area (TPSA) is 69.6 Å². The summed E-state index contributed by atoms with van der Waals surface area (Å²) >= 11 is 5.81. The van der Waals surface area contributed by atoms with Crippen LogP contribution in [0.4, 0.5) is 11.4 Å². The summed E-state index contributed by atoms with van der Waals surface area (Å²) < 4.78 is 0. The Balaban J connectivity index is 1.78. The minimum atomic E-state index is -0.336. The molecule has 2 N–H and O–H groups in total. The Labute approximate surface area is 138 Å². The molecule has 1 aliphatic heterocycles. The average Bonchev–Trinajstić information content (AvgIpc) is 2.96. The number of hydrogen-bond acceptors (Lipinski definition) is 3. The standard InChI is InChI=1S/C17H15ClN2O3/c18-14-9-11(6-7-15(14)21)17(23)19-12-3-1-4-13(10-12)20-8-2-5-16(20)22/h1,3-4,6-7,9-10,21H,2,5,8H2,(H,19,23). The summed E-state index contributed by atoms with van der Waals surface area (Å²) in [6.45, 7) is 0.698. The van der Waals surface area contributed by atoms with E-state index in [9.17, 15) is 14.7 Å². The molecule has 6 heteroatoms. The number of halogens is 1. The first-order valence-electron chi connectivity index (χ1n) is 7.25. The quantitative estimate of drug-likeness (QED) is 0.906. The van der Waals surface area contributed by atoms with Crippen LogP contribution in [0.1, 0.15) is 23.2 Å². The van der Waals surface area contributed by atoms with Crippen molar-refractivity contribution in [2.45, 2.75) is 12.8 Å². The highest BCUT2D eigenvalue weighted by Crippen LogP contribution is 2.26. The van der Waals surface area contributed by atoms with Crippen LogP contribution in [-0.2, 0) is 4.79 Å². The number of phenolic OH excluding ortho intramolecular Hbond substituents is 1. The molecule has 2 aromatic rings. The van der Waals surface area contributed by atoms with E-state index in [4.69, 9.17) is 11.6 Å². The van der Waals surface area contributed by atoms with Gasteiger partial charge in [0.1, 0.15) is 5.75 Å². The SMILES string of the molecule is O=C(Nc1cccc(N2CCCC2=O)c1)c1ccc(O)c(Cl)c1. The highest BCUT2D eigenvalue weighted by atomic mass is 35.5. The molecular weight excluding hydrogens is 316 g/mol. The van der Waals surface area contributed by atoms with Crippen LogP contribution in [0, 0.1) is 0 Å². The van der Waals surface area contributed by atoms with Crippen LogP contribution in [0.5, 0.6) is 5.75 Å². The fraction of sp³-hybridized carbons (Fsp3) is 0.176. The van der Waals surface area contributed by atoms with Crippen molar-refractivity contribution < 1.29 is 14.7 Å². The van der Waals surface area contributed by atoms with Gasteiger partial charge in [0, 0.05) is 29.9 Å². The minimum absolute atomic E-state index is 0.0715. The molecule has 23 heavy (non-hydrogen) atoms. The molecule has 0 aromatic heterocycles. The molecule has 0 saturated carbocycles. The van der Waals surface area contributed by atoms with Gasteiger partial charge < -0.3 is 15.3 Å². The molecule has 1 saturated heterocycles. The van der Waals surface area contributed by atoms with E-state index < -0.39 is 0 Å². The molecule has 5 nitrogen and oxygen atoms in total. The average molecular weight is 331 g/mol. The van der Waals surface area contributed by atoms with Crippen molar-refractivity contribution in [2.24, 2.45) is 0 Å². The van der Waals surface area contributed by atoms with E-state index in [0.29, 0.717) is 24.2 Å². The summed E-state index contributed by atoms with van der Waals surface area (Å²) in [5, 5.41) is 12.3. The van der Waals surface area contributed by atoms with Gasteiger partial charge in [-0.3, -0.25) is 9.59 Å². The molecule has 1 aliphatic rings. The fourth-order valence-electron chi connectivity index (χ4n) is 2.52. The number of anilines is 2. The molecule has 2 aromatic carbocycles. The van der Waals surface area contributed by atoms with Crippen molar-refractivity contribution in [3.05, 3.63) is 53.1 Å². The highest BCUT2D eigenvalue weighted by Gasteiger charge is 2.21. The lowest BCUT2D eigenvalue weighted by Gasteiger charge is -2.16. The van der Waals surface area contributed by atoms with Crippen molar-refractivity contribution >= 4 is 34.8 Å². The summed E-state index contributed by atoms with van der Waals surface area (Å²) in [6, 6.07) is 11.4. The van der Waals surface area contributed by atoms with Gasteiger partial charge in [-0.2, -0.15) is 0 Å². The lowest BCUT2D eigenvalue weighted by molar-refractivity contribution is -0.117. The third-order valence-corrected chi connectivity index (χ3v) is 4.00.